The maximum absolute atomic E-state index is 14.2. The first-order valence-electron chi connectivity index (χ1n) is 8.89. The molecular formula is C19H19ClFN3O5S. The zero-order valence-electron chi connectivity index (χ0n) is 15.9. The first-order chi connectivity index (χ1) is 14.4. The molecule has 1 fully saturated rings. The maximum atomic E-state index is 14.2. The van der Waals surface area contributed by atoms with Crippen molar-refractivity contribution in [2.45, 2.75) is 4.90 Å². The van der Waals surface area contributed by atoms with Crippen molar-refractivity contribution in [3.63, 3.8) is 0 Å². The molecule has 2 amide bonds. The molecule has 2 aromatic rings. The molecule has 0 radical (unpaired) electrons. The summed E-state index contributed by atoms with van der Waals surface area (Å²) >= 11 is 4.33. The SMILES string of the molecule is COc1ccc(Cl)cc1C(=O)NNC(=O)c1cc([S+]([O-])N2CCOCC2)ccc1F. The summed E-state index contributed by atoms with van der Waals surface area (Å²) in [4.78, 5) is 25.0. The number of morpholine rings is 1. The Balaban J connectivity index is 1.71. The molecule has 30 heavy (non-hydrogen) atoms. The molecule has 1 atom stereocenters. The molecule has 8 nitrogen and oxygen atoms in total. The summed E-state index contributed by atoms with van der Waals surface area (Å²) in [6.45, 7) is 1.81. The summed E-state index contributed by atoms with van der Waals surface area (Å²) in [5, 5.41) is 0.302. The van der Waals surface area contributed by atoms with Crippen molar-refractivity contribution in [2.75, 3.05) is 33.4 Å². The number of ether oxygens (including phenoxy) is 2. The van der Waals surface area contributed by atoms with Crippen LogP contribution in [0.3, 0.4) is 0 Å². The number of rotatable bonds is 5. The van der Waals surface area contributed by atoms with Crippen LogP contribution in [-0.2, 0) is 16.1 Å². The second kappa shape index (κ2) is 10.1. The number of carbonyl (C=O) groups is 2. The molecule has 0 aromatic heterocycles. The second-order valence-corrected chi connectivity index (χ2v) is 8.11. The van der Waals surface area contributed by atoms with Gasteiger partial charge in [0.2, 0.25) is 0 Å². The highest BCUT2D eigenvalue weighted by Crippen LogP contribution is 2.23. The molecule has 1 aliphatic heterocycles. The van der Waals surface area contributed by atoms with Crippen LogP contribution in [0.25, 0.3) is 0 Å². The lowest BCUT2D eigenvalue weighted by Crippen LogP contribution is -2.42. The second-order valence-electron chi connectivity index (χ2n) is 6.19. The van der Waals surface area contributed by atoms with E-state index in [-0.39, 0.29) is 21.8 Å². The van der Waals surface area contributed by atoms with Crippen LogP contribution in [0.4, 0.5) is 4.39 Å². The van der Waals surface area contributed by atoms with E-state index in [1.807, 2.05) is 0 Å². The average molecular weight is 456 g/mol. The van der Waals surface area contributed by atoms with Gasteiger partial charge in [-0.2, -0.15) is 0 Å². The van der Waals surface area contributed by atoms with Crippen LogP contribution in [0.5, 0.6) is 5.75 Å². The highest BCUT2D eigenvalue weighted by atomic mass is 35.5. The molecule has 11 heteroatoms. The van der Waals surface area contributed by atoms with Gasteiger partial charge in [0, 0.05) is 11.1 Å². The number of nitrogens with zero attached hydrogens (tertiary/aromatic N) is 1. The first kappa shape index (κ1) is 22.3. The van der Waals surface area contributed by atoms with Crippen LogP contribution < -0.4 is 15.6 Å². The molecule has 1 heterocycles. The molecule has 1 aliphatic rings. The van der Waals surface area contributed by atoms with Crippen LogP contribution in [0.2, 0.25) is 5.02 Å². The molecular weight excluding hydrogens is 437 g/mol. The lowest BCUT2D eigenvalue weighted by atomic mass is 10.2. The third-order valence-electron chi connectivity index (χ3n) is 4.28. The van der Waals surface area contributed by atoms with Gasteiger partial charge in [0.05, 0.1) is 55.9 Å². The van der Waals surface area contributed by atoms with E-state index in [1.54, 1.807) is 10.4 Å². The smallest absolute Gasteiger partial charge is 0.273 e. The number of hydrogen-bond donors (Lipinski definition) is 2. The number of benzene rings is 2. The Labute approximate surface area is 180 Å². The zero-order chi connectivity index (χ0) is 21.7. The number of nitrogens with one attached hydrogen (secondary N) is 2. The Morgan fingerprint density at radius 3 is 2.47 bits per heavy atom. The Morgan fingerprint density at radius 1 is 1.13 bits per heavy atom. The number of methoxy groups -OCH3 is 1. The number of hydrogen-bond acceptors (Lipinski definition) is 6. The van der Waals surface area contributed by atoms with Crippen molar-refractivity contribution in [3.8, 4) is 5.75 Å². The Morgan fingerprint density at radius 2 is 1.80 bits per heavy atom. The highest BCUT2D eigenvalue weighted by Gasteiger charge is 2.27. The molecule has 3 rings (SSSR count). The number of halogens is 2. The van der Waals surface area contributed by atoms with Crippen molar-refractivity contribution in [3.05, 3.63) is 58.4 Å². The third kappa shape index (κ3) is 5.21. The lowest BCUT2D eigenvalue weighted by molar-refractivity contribution is 0.0730. The number of hydrazine groups is 1. The van der Waals surface area contributed by atoms with Gasteiger partial charge in [0.1, 0.15) is 11.6 Å². The minimum atomic E-state index is -1.57. The standard InChI is InChI=1S/C19H19ClFN3O5S/c1-28-17-5-2-12(20)10-15(17)19(26)23-22-18(25)14-11-13(3-4-16(14)21)30(27)24-6-8-29-9-7-24/h2-5,10-11H,6-9H2,1H3,(H,22,25)(H,23,26). The molecule has 0 aliphatic carbocycles. The quantitative estimate of drug-likeness (QED) is 0.527. The lowest BCUT2D eigenvalue weighted by Gasteiger charge is -2.27. The van der Waals surface area contributed by atoms with Gasteiger partial charge in [-0.3, -0.25) is 20.4 Å². The topological polar surface area (TPSA) is 103 Å². The minimum absolute atomic E-state index is 0.0907. The Bertz CT molecular complexity index is 942. The molecule has 2 aromatic carbocycles. The van der Waals surface area contributed by atoms with E-state index in [4.69, 9.17) is 21.1 Å². The van der Waals surface area contributed by atoms with Crippen molar-refractivity contribution >= 4 is 34.8 Å². The van der Waals surface area contributed by atoms with E-state index in [1.165, 1.54) is 31.4 Å². The molecule has 0 bridgehead atoms. The summed E-state index contributed by atoms with van der Waals surface area (Å²) in [6, 6.07) is 8.03. The summed E-state index contributed by atoms with van der Waals surface area (Å²) in [6.07, 6.45) is 0. The Hall–Kier alpha value is -2.37. The summed E-state index contributed by atoms with van der Waals surface area (Å²) in [7, 11) is 1.38. The first-order valence-corrected chi connectivity index (χ1v) is 10.4. The molecule has 160 valence electrons. The maximum Gasteiger partial charge on any atom is 0.273 e. The molecule has 1 saturated heterocycles. The average Bonchev–Trinajstić information content (AvgIpc) is 2.77. The van der Waals surface area contributed by atoms with Gasteiger partial charge in [-0.05, 0) is 30.3 Å². The van der Waals surface area contributed by atoms with Gasteiger partial charge < -0.3 is 14.0 Å². The molecule has 1 unspecified atom stereocenters. The van der Waals surface area contributed by atoms with Gasteiger partial charge >= 0.3 is 0 Å². The fraction of sp³-hybridized carbons (Fsp3) is 0.263. The largest absolute Gasteiger partial charge is 0.593 e. The van der Waals surface area contributed by atoms with E-state index < -0.39 is 29.0 Å². The van der Waals surface area contributed by atoms with E-state index in [2.05, 4.69) is 10.9 Å². The van der Waals surface area contributed by atoms with E-state index in [0.717, 1.165) is 6.07 Å². The zero-order valence-corrected chi connectivity index (χ0v) is 17.5. The number of carbonyl (C=O) groups excluding carboxylic acids is 2. The van der Waals surface area contributed by atoms with Crippen LogP contribution in [0.15, 0.2) is 41.3 Å². The van der Waals surface area contributed by atoms with E-state index in [0.29, 0.717) is 31.3 Å². The predicted molar refractivity (Wildman–Crippen MR) is 108 cm³/mol. The van der Waals surface area contributed by atoms with E-state index >= 15 is 0 Å². The molecule has 2 N–H and O–H groups in total. The van der Waals surface area contributed by atoms with E-state index in [9.17, 15) is 18.5 Å². The van der Waals surface area contributed by atoms with Gasteiger partial charge in [-0.25, -0.2) is 4.39 Å². The van der Waals surface area contributed by atoms with Crippen molar-refractivity contribution < 1.29 is 28.0 Å². The van der Waals surface area contributed by atoms with Crippen LogP contribution in [-0.4, -0.2) is 54.1 Å². The normalized spacial score (nSPS) is 15.3. The van der Waals surface area contributed by atoms with Crippen molar-refractivity contribution in [1.82, 2.24) is 15.2 Å². The third-order valence-corrected chi connectivity index (χ3v) is 6.01. The van der Waals surface area contributed by atoms with Crippen molar-refractivity contribution in [1.29, 1.82) is 0 Å². The van der Waals surface area contributed by atoms with Crippen LogP contribution in [0, 0.1) is 5.82 Å². The fourth-order valence-corrected chi connectivity index (χ4v) is 4.11. The predicted octanol–water partition coefficient (Wildman–Crippen LogP) is 1.92. The van der Waals surface area contributed by atoms with Crippen LogP contribution in [0.1, 0.15) is 20.7 Å². The highest BCUT2D eigenvalue weighted by molar-refractivity contribution is 7.89. The van der Waals surface area contributed by atoms with Gasteiger partial charge in [-0.1, -0.05) is 11.6 Å². The minimum Gasteiger partial charge on any atom is -0.593 e. The van der Waals surface area contributed by atoms with Gasteiger partial charge in [0.15, 0.2) is 4.90 Å². The fourth-order valence-electron chi connectivity index (χ4n) is 2.75. The number of amides is 2. The monoisotopic (exact) mass is 455 g/mol. The summed E-state index contributed by atoms with van der Waals surface area (Å²) in [5.74, 6) is -2.16. The van der Waals surface area contributed by atoms with Crippen LogP contribution >= 0.6 is 11.6 Å². The summed E-state index contributed by atoms with van der Waals surface area (Å²) in [5.41, 5.74) is 4.07. The van der Waals surface area contributed by atoms with Gasteiger partial charge in [0.25, 0.3) is 11.8 Å². The molecule has 0 spiro atoms. The van der Waals surface area contributed by atoms with Gasteiger partial charge in [-0.15, -0.1) is 4.31 Å². The molecule has 0 saturated carbocycles. The van der Waals surface area contributed by atoms with Crippen molar-refractivity contribution in [2.24, 2.45) is 0 Å². The Kier molecular flexibility index (Phi) is 7.51. The summed E-state index contributed by atoms with van der Waals surface area (Å²) < 4.78 is 38.9.